The molecule has 4 rings (SSSR count). The molecule has 0 aromatic heterocycles. The number of carbonyl (C=O) groups is 4. The first kappa shape index (κ1) is 21.7. The van der Waals surface area contributed by atoms with Gasteiger partial charge in [-0.05, 0) is 29.5 Å². The van der Waals surface area contributed by atoms with Crippen molar-refractivity contribution in [3.63, 3.8) is 0 Å². The van der Waals surface area contributed by atoms with Crippen molar-refractivity contribution in [2.24, 2.45) is 11.3 Å². The Morgan fingerprint density at radius 3 is 2.22 bits per heavy atom. The number of nitrogens with one attached hydrogen (secondary N) is 1. The first-order chi connectivity index (χ1) is 15.4. The highest BCUT2D eigenvalue weighted by Gasteiger charge is 2.54. The molecule has 1 atom stereocenters. The Labute approximate surface area is 186 Å². The molecular weight excluding hydrogens is 408 g/mol. The monoisotopic (exact) mass is 434 g/mol. The molecule has 0 radical (unpaired) electrons. The number of ketones is 1. The predicted octanol–water partition coefficient (Wildman–Crippen LogP) is 2.64. The fourth-order valence-corrected chi connectivity index (χ4v) is 4.86. The number of hydrogen-bond acceptors (Lipinski definition) is 4. The normalized spacial score (nSPS) is 19.9. The maximum Gasteiger partial charge on any atom is 0.322 e. The molecule has 1 spiro atoms. The summed E-state index contributed by atoms with van der Waals surface area (Å²) in [4.78, 5) is 51.4. The van der Waals surface area contributed by atoms with Crippen LogP contribution >= 0.6 is 0 Å². The highest BCUT2D eigenvalue weighted by Crippen LogP contribution is 2.44. The maximum absolute atomic E-state index is 13.2. The highest BCUT2D eigenvalue weighted by molar-refractivity contribution is 6.21. The predicted molar refractivity (Wildman–Crippen MR) is 117 cm³/mol. The zero-order valence-electron chi connectivity index (χ0n) is 17.8. The Kier molecular flexibility index (Phi) is 6.08. The molecule has 1 unspecified atom stereocenters. The minimum absolute atomic E-state index is 0.297. The molecular formula is C25H26N2O5. The number of piperidine rings is 1. The lowest BCUT2D eigenvalue weighted by atomic mass is 9.72. The molecule has 2 aliphatic rings. The van der Waals surface area contributed by atoms with Gasteiger partial charge in [0.25, 0.3) is 0 Å². The van der Waals surface area contributed by atoms with Crippen molar-refractivity contribution in [1.82, 2.24) is 10.2 Å². The van der Waals surface area contributed by atoms with E-state index in [9.17, 15) is 19.2 Å². The van der Waals surface area contributed by atoms with Crippen LogP contribution in [0.4, 0.5) is 0 Å². The van der Waals surface area contributed by atoms with Gasteiger partial charge in [-0.3, -0.25) is 19.2 Å². The fourth-order valence-electron chi connectivity index (χ4n) is 4.86. The van der Waals surface area contributed by atoms with E-state index in [0.29, 0.717) is 25.9 Å². The van der Waals surface area contributed by atoms with E-state index in [1.807, 2.05) is 54.6 Å². The summed E-state index contributed by atoms with van der Waals surface area (Å²) in [6.07, 6.45) is 3.04. The van der Waals surface area contributed by atoms with E-state index in [-0.39, 0.29) is 5.78 Å². The Morgan fingerprint density at radius 2 is 1.59 bits per heavy atom. The molecule has 166 valence electrons. The number of carboxylic acids is 1. The molecule has 2 amide bonds. The van der Waals surface area contributed by atoms with E-state index in [1.54, 1.807) is 4.90 Å². The first-order valence-electron chi connectivity index (χ1n) is 10.9. The van der Waals surface area contributed by atoms with Crippen LogP contribution in [-0.2, 0) is 25.7 Å². The molecule has 1 heterocycles. The SMILES string of the molecule is O=C(O)CNC(=O)C1C(=O)N(Cc2ccc(-c3ccccc3)cc2)CC2(CCCC2)C1=O. The maximum atomic E-state index is 13.2. The molecule has 2 aromatic carbocycles. The minimum atomic E-state index is -1.48. The zero-order valence-corrected chi connectivity index (χ0v) is 17.8. The van der Waals surface area contributed by atoms with Gasteiger partial charge in [-0.25, -0.2) is 0 Å². The second-order valence-corrected chi connectivity index (χ2v) is 8.65. The van der Waals surface area contributed by atoms with Crippen LogP contribution in [0.5, 0.6) is 0 Å². The largest absolute Gasteiger partial charge is 0.480 e. The van der Waals surface area contributed by atoms with E-state index >= 15 is 0 Å². The Bertz CT molecular complexity index is 1030. The van der Waals surface area contributed by atoms with Crippen LogP contribution in [0.2, 0.25) is 0 Å². The summed E-state index contributed by atoms with van der Waals surface area (Å²) in [5, 5.41) is 11.1. The number of benzene rings is 2. The van der Waals surface area contributed by atoms with Gasteiger partial charge in [-0.2, -0.15) is 0 Å². The summed E-state index contributed by atoms with van der Waals surface area (Å²) in [6.45, 7) is -0.0245. The van der Waals surface area contributed by atoms with Crippen LogP contribution in [-0.4, -0.2) is 46.7 Å². The molecule has 2 fully saturated rings. The van der Waals surface area contributed by atoms with Gasteiger partial charge in [0, 0.05) is 18.5 Å². The molecule has 1 saturated carbocycles. The van der Waals surface area contributed by atoms with Crippen molar-refractivity contribution in [2.45, 2.75) is 32.2 Å². The van der Waals surface area contributed by atoms with Crippen molar-refractivity contribution >= 4 is 23.6 Å². The molecule has 2 N–H and O–H groups in total. The number of carboxylic acid groups (broad SMARTS) is 1. The second-order valence-electron chi connectivity index (χ2n) is 8.65. The lowest BCUT2D eigenvalue weighted by molar-refractivity contribution is -0.160. The quantitative estimate of drug-likeness (QED) is 0.681. The third-order valence-corrected chi connectivity index (χ3v) is 6.51. The van der Waals surface area contributed by atoms with Crippen LogP contribution in [0.3, 0.4) is 0 Å². The van der Waals surface area contributed by atoms with Crippen LogP contribution in [0.1, 0.15) is 31.2 Å². The smallest absolute Gasteiger partial charge is 0.322 e. The molecule has 32 heavy (non-hydrogen) atoms. The number of hydrogen-bond donors (Lipinski definition) is 2. The van der Waals surface area contributed by atoms with E-state index in [4.69, 9.17) is 5.11 Å². The van der Waals surface area contributed by atoms with Gasteiger partial charge in [0.2, 0.25) is 11.8 Å². The van der Waals surface area contributed by atoms with E-state index in [2.05, 4.69) is 5.32 Å². The zero-order chi connectivity index (χ0) is 22.7. The van der Waals surface area contributed by atoms with E-state index in [0.717, 1.165) is 29.5 Å². The third-order valence-electron chi connectivity index (χ3n) is 6.51. The number of carbonyl (C=O) groups excluding carboxylic acids is 3. The molecule has 1 aliphatic carbocycles. The lowest BCUT2D eigenvalue weighted by Gasteiger charge is -2.42. The van der Waals surface area contributed by atoms with E-state index in [1.165, 1.54) is 0 Å². The fraction of sp³-hybridized carbons (Fsp3) is 0.360. The number of rotatable bonds is 6. The van der Waals surface area contributed by atoms with Gasteiger partial charge in [-0.1, -0.05) is 67.4 Å². The topological polar surface area (TPSA) is 104 Å². The summed E-state index contributed by atoms with van der Waals surface area (Å²) >= 11 is 0. The Morgan fingerprint density at radius 1 is 0.969 bits per heavy atom. The van der Waals surface area contributed by atoms with Gasteiger partial charge in [0.1, 0.15) is 6.54 Å². The number of amides is 2. The Hall–Kier alpha value is -3.48. The first-order valence-corrected chi connectivity index (χ1v) is 10.9. The summed E-state index contributed by atoms with van der Waals surface area (Å²) in [5.41, 5.74) is 2.35. The summed E-state index contributed by atoms with van der Waals surface area (Å²) in [7, 11) is 0. The molecule has 7 heteroatoms. The third kappa shape index (κ3) is 4.28. The molecule has 7 nitrogen and oxygen atoms in total. The number of likely N-dealkylation sites (tertiary alicyclic amines) is 1. The van der Waals surface area contributed by atoms with Gasteiger partial charge in [0.05, 0.1) is 0 Å². The van der Waals surface area contributed by atoms with Crippen molar-refractivity contribution in [3.05, 3.63) is 60.2 Å². The van der Waals surface area contributed by atoms with Crippen molar-refractivity contribution in [2.75, 3.05) is 13.1 Å². The highest BCUT2D eigenvalue weighted by atomic mass is 16.4. The summed E-state index contributed by atoms with van der Waals surface area (Å²) in [6, 6.07) is 17.9. The average Bonchev–Trinajstić information content (AvgIpc) is 3.27. The Balaban J connectivity index is 1.55. The summed E-state index contributed by atoms with van der Waals surface area (Å²) in [5.74, 6) is -4.44. The molecule has 1 aliphatic heterocycles. The van der Waals surface area contributed by atoms with E-state index < -0.39 is 35.7 Å². The van der Waals surface area contributed by atoms with Gasteiger partial charge in [0.15, 0.2) is 11.7 Å². The lowest BCUT2D eigenvalue weighted by Crippen LogP contribution is -2.60. The van der Waals surface area contributed by atoms with Crippen LogP contribution in [0, 0.1) is 11.3 Å². The standard InChI is InChI=1S/C25H26N2O5/c28-20(29)14-26-23(31)21-22(30)25(12-4-5-13-25)16-27(24(21)32)15-17-8-10-19(11-9-17)18-6-2-1-3-7-18/h1-3,6-11,21H,4-5,12-16H2,(H,26,31)(H,28,29). The van der Waals surface area contributed by atoms with Gasteiger partial charge >= 0.3 is 5.97 Å². The van der Waals surface area contributed by atoms with Crippen molar-refractivity contribution in [1.29, 1.82) is 0 Å². The van der Waals surface area contributed by atoms with Crippen molar-refractivity contribution < 1.29 is 24.3 Å². The molecule has 1 saturated heterocycles. The minimum Gasteiger partial charge on any atom is -0.480 e. The van der Waals surface area contributed by atoms with Crippen LogP contribution in [0.25, 0.3) is 11.1 Å². The number of Topliss-reactive ketones (excluding diaryl/α,β-unsaturated/α-hetero) is 1. The molecule has 2 aromatic rings. The number of nitrogens with zero attached hydrogens (tertiary/aromatic N) is 1. The van der Waals surface area contributed by atoms with Crippen molar-refractivity contribution in [3.8, 4) is 11.1 Å². The average molecular weight is 434 g/mol. The van der Waals surface area contributed by atoms with Gasteiger partial charge < -0.3 is 15.3 Å². The number of aliphatic carboxylic acids is 1. The van der Waals surface area contributed by atoms with Crippen LogP contribution < -0.4 is 5.32 Å². The molecule has 0 bridgehead atoms. The van der Waals surface area contributed by atoms with Crippen LogP contribution in [0.15, 0.2) is 54.6 Å². The van der Waals surface area contributed by atoms with Gasteiger partial charge in [-0.15, -0.1) is 0 Å². The second kappa shape index (κ2) is 8.94. The summed E-state index contributed by atoms with van der Waals surface area (Å²) < 4.78 is 0.